The Balaban J connectivity index is 1.62. The van der Waals surface area contributed by atoms with Crippen molar-refractivity contribution in [3.05, 3.63) is 53.6 Å². The number of anilines is 3. The Labute approximate surface area is 157 Å². The molecule has 1 aliphatic rings. The first-order valence-corrected chi connectivity index (χ1v) is 8.63. The van der Waals surface area contributed by atoms with E-state index in [9.17, 15) is 9.59 Å². The molecule has 3 rings (SSSR count). The van der Waals surface area contributed by atoms with Gasteiger partial charge in [-0.1, -0.05) is 29.8 Å². The fourth-order valence-corrected chi connectivity index (χ4v) is 3.01. The van der Waals surface area contributed by atoms with E-state index >= 15 is 0 Å². The molecule has 136 valence electrons. The van der Waals surface area contributed by atoms with Crippen LogP contribution in [0.5, 0.6) is 0 Å². The van der Waals surface area contributed by atoms with Crippen molar-refractivity contribution in [1.29, 1.82) is 0 Å². The number of hydrogen-bond donors (Lipinski definition) is 2. The van der Waals surface area contributed by atoms with E-state index in [1.807, 2.05) is 38.1 Å². The van der Waals surface area contributed by atoms with Crippen LogP contribution >= 0.6 is 11.6 Å². The number of para-hydroxylation sites is 2. The summed E-state index contributed by atoms with van der Waals surface area (Å²) in [7, 11) is 0. The van der Waals surface area contributed by atoms with E-state index in [2.05, 4.69) is 10.6 Å². The standard InChI is InChI=1S/C19H20ClN3O3/c1-19(2)17(24)23(16-9-4-3-8-15(16)22-19)10-11-26-18(25)21-14-7-5-6-13(20)12-14/h3-9,12,22H,10-11H2,1-2H3,(H,21,25). The first-order valence-electron chi connectivity index (χ1n) is 8.25. The maximum atomic E-state index is 12.7. The van der Waals surface area contributed by atoms with Crippen molar-refractivity contribution in [3.63, 3.8) is 0 Å². The van der Waals surface area contributed by atoms with E-state index in [1.165, 1.54) is 0 Å². The van der Waals surface area contributed by atoms with Gasteiger partial charge >= 0.3 is 6.09 Å². The summed E-state index contributed by atoms with van der Waals surface area (Å²) in [6.07, 6.45) is -0.595. The lowest BCUT2D eigenvalue weighted by atomic mass is 9.98. The normalized spacial score (nSPS) is 15.0. The van der Waals surface area contributed by atoms with Crippen LogP contribution in [0.25, 0.3) is 0 Å². The molecule has 0 unspecified atom stereocenters. The molecule has 2 aromatic carbocycles. The maximum Gasteiger partial charge on any atom is 0.411 e. The molecule has 0 aliphatic carbocycles. The predicted molar refractivity (Wildman–Crippen MR) is 103 cm³/mol. The number of benzene rings is 2. The van der Waals surface area contributed by atoms with Gasteiger partial charge in [-0.05, 0) is 44.2 Å². The van der Waals surface area contributed by atoms with Gasteiger partial charge in [0.2, 0.25) is 0 Å². The Morgan fingerprint density at radius 1 is 1.23 bits per heavy atom. The van der Waals surface area contributed by atoms with E-state index in [4.69, 9.17) is 16.3 Å². The average Bonchev–Trinajstić information content (AvgIpc) is 2.58. The van der Waals surface area contributed by atoms with Crippen LogP contribution in [-0.4, -0.2) is 30.7 Å². The molecular weight excluding hydrogens is 354 g/mol. The molecule has 1 aliphatic heterocycles. The van der Waals surface area contributed by atoms with Gasteiger partial charge in [0.1, 0.15) is 12.1 Å². The summed E-state index contributed by atoms with van der Waals surface area (Å²) in [5.74, 6) is -0.0740. The van der Waals surface area contributed by atoms with Gasteiger partial charge in [0.05, 0.1) is 17.9 Å². The molecule has 6 nitrogen and oxygen atoms in total. The lowest BCUT2D eigenvalue weighted by Gasteiger charge is -2.39. The zero-order valence-electron chi connectivity index (χ0n) is 14.6. The smallest absolute Gasteiger partial charge is 0.411 e. The minimum atomic E-state index is -0.725. The van der Waals surface area contributed by atoms with E-state index in [0.29, 0.717) is 10.7 Å². The number of ether oxygens (including phenoxy) is 1. The summed E-state index contributed by atoms with van der Waals surface area (Å²) in [6, 6.07) is 14.3. The Morgan fingerprint density at radius 3 is 2.77 bits per heavy atom. The third kappa shape index (κ3) is 3.91. The molecule has 0 radical (unpaired) electrons. The number of halogens is 1. The van der Waals surface area contributed by atoms with Gasteiger partial charge in [-0.3, -0.25) is 10.1 Å². The maximum absolute atomic E-state index is 12.7. The fourth-order valence-electron chi connectivity index (χ4n) is 2.82. The molecule has 0 fully saturated rings. The summed E-state index contributed by atoms with van der Waals surface area (Å²) in [4.78, 5) is 26.3. The SMILES string of the molecule is CC1(C)Nc2ccccc2N(CCOC(=O)Nc2cccc(Cl)c2)C1=O. The minimum absolute atomic E-state index is 0.0720. The van der Waals surface area contributed by atoms with Gasteiger partial charge in [-0.25, -0.2) is 4.79 Å². The van der Waals surface area contributed by atoms with Gasteiger partial charge < -0.3 is 15.0 Å². The molecule has 2 N–H and O–H groups in total. The molecule has 2 amide bonds. The molecule has 26 heavy (non-hydrogen) atoms. The van der Waals surface area contributed by atoms with Crippen LogP contribution in [0.4, 0.5) is 21.9 Å². The van der Waals surface area contributed by atoms with Crippen molar-refractivity contribution in [3.8, 4) is 0 Å². The van der Waals surface area contributed by atoms with Crippen LogP contribution in [0.2, 0.25) is 5.02 Å². The number of nitrogens with zero attached hydrogens (tertiary/aromatic N) is 1. The third-order valence-electron chi connectivity index (χ3n) is 4.04. The van der Waals surface area contributed by atoms with Crippen molar-refractivity contribution in [2.45, 2.75) is 19.4 Å². The van der Waals surface area contributed by atoms with E-state index in [1.54, 1.807) is 29.2 Å². The highest BCUT2D eigenvalue weighted by Gasteiger charge is 2.38. The molecule has 2 aromatic rings. The van der Waals surface area contributed by atoms with Crippen molar-refractivity contribution in [1.82, 2.24) is 0 Å². The Kier molecular flexibility index (Phi) is 5.04. The summed E-state index contributed by atoms with van der Waals surface area (Å²) >= 11 is 5.88. The average molecular weight is 374 g/mol. The second-order valence-electron chi connectivity index (χ2n) is 6.50. The summed E-state index contributed by atoms with van der Waals surface area (Å²) in [5.41, 5.74) is 1.47. The first-order chi connectivity index (χ1) is 12.4. The van der Waals surface area contributed by atoms with Crippen molar-refractivity contribution < 1.29 is 14.3 Å². The summed E-state index contributed by atoms with van der Waals surface area (Å²) in [5, 5.41) is 6.36. The Bertz CT molecular complexity index is 838. The van der Waals surface area contributed by atoms with Gasteiger partial charge in [0.25, 0.3) is 5.91 Å². The quantitative estimate of drug-likeness (QED) is 0.845. The van der Waals surface area contributed by atoms with Gasteiger partial charge in [-0.2, -0.15) is 0 Å². The van der Waals surface area contributed by atoms with Crippen LogP contribution in [-0.2, 0) is 9.53 Å². The number of carbonyl (C=O) groups excluding carboxylic acids is 2. The lowest BCUT2D eigenvalue weighted by molar-refractivity contribution is -0.122. The fraction of sp³-hybridized carbons (Fsp3) is 0.263. The van der Waals surface area contributed by atoms with Gasteiger partial charge in [0.15, 0.2) is 0 Å². The van der Waals surface area contributed by atoms with Crippen molar-refractivity contribution in [2.75, 3.05) is 28.7 Å². The second-order valence-corrected chi connectivity index (χ2v) is 6.93. The highest BCUT2D eigenvalue weighted by molar-refractivity contribution is 6.30. The van der Waals surface area contributed by atoms with Gasteiger partial charge in [0, 0.05) is 10.7 Å². The molecule has 7 heteroatoms. The Hall–Kier alpha value is -2.73. The van der Waals surface area contributed by atoms with Crippen LogP contribution in [0, 0.1) is 0 Å². The number of fused-ring (bicyclic) bond motifs is 1. The predicted octanol–water partition coefficient (Wildman–Crippen LogP) is 4.13. The topological polar surface area (TPSA) is 70.7 Å². The highest BCUT2D eigenvalue weighted by Crippen LogP contribution is 2.34. The molecule has 0 saturated heterocycles. The van der Waals surface area contributed by atoms with E-state index < -0.39 is 11.6 Å². The van der Waals surface area contributed by atoms with Crippen LogP contribution < -0.4 is 15.5 Å². The Morgan fingerprint density at radius 2 is 2.00 bits per heavy atom. The number of hydrogen-bond acceptors (Lipinski definition) is 4. The molecule has 0 bridgehead atoms. The minimum Gasteiger partial charge on any atom is -0.447 e. The van der Waals surface area contributed by atoms with Crippen LogP contribution in [0.1, 0.15) is 13.8 Å². The second kappa shape index (κ2) is 7.25. The third-order valence-corrected chi connectivity index (χ3v) is 4.28. The van der Waals surface area contributed by atoms with Gasteiger partial charge in [-0.15, -0.1) is 0 Å². The van der Waals surface area contributed by atoms with Crippen LogP contribution in [0.15, 0.2) is 48.5 Å². The zero-order valence-corrected chi connectivity index (χ0v) is 15.3. The van der Waals surface area contributed by atoms with E-state index in [-0.39, 0.29) is 19.1 Å². The molecule has 0 saturated carbocycles. The largest absolute Gasteiger partial charge is 0.447 e. The first kappa shape index (κ1) is 18.1. The molecule has 0 aromatic heterocycles. The monoisotopic (exact) mass is 373 g/mol. The number of rotatable bonds is 4. The molecular formula is C19H20ClN3O3. The molecule has 0 atom stereocenters. The van der Waals surface area contributed by atoms with Crippen molar-refractivity contribution in [2.24, 2.45) is 0 Å². The zero-order chi connectivity index (χ0) is 18.7. The number of nitrogens with one attached hydrogen (secondary N) is 2. The van der Waals surface area contributed by atoms with Crippen molar-refractivity contribution >= 4 is 40.7 Å². The summed E-state index contributed by atoms with van der Waals surface area (Å²) < 4.78 is 5.21. The highest BCUT2D eigenvalue weighted by atomic mass is 35.5. The molecule has 0 spiro atoms. The van der Waals surface area contributed by atoms with E-state index in [0.717, 1.165) is 11.4 Å². The number of amides is 2. The number of carbonyl (C=O) groups is 2. The lowest BCUT2D eigenvalue weighted by Crippen LogP contribution is -2.54. The summed E-state index contributed by atoms with van der Waals surface area (Å²) in [6.45, 7) is 3.99. The van der Waals surface area contributed by atoms with Crippen LogP contribution in [0.3, 0.4) is 0 Å². The molecule has 1 heterocycles.